The Morgan fingerprint density at radius 2 is 1.21 bits per heavy atom. The number of carboxylic acids is 1. The first kappa shape index (κ1) is 41.8. The third kappa shape index (κ3) is 12.5. The van der Waals surface area contributed by atoms with Crippen molar-refractivity contribution >= 4 is 53.2 Å². The summed E-state index contributed by atoms with van der Waals surface area (Å²) in [6, 6.07) is 1.46. The third-order valence-electron chi connectivity index (χ3n) is 9.20. The van der Waals surface area contributed by atoms with Crippen LogP contribution in [0.3, 0.4) is 0 Å². The van der Waals surface area contributed by atoms with Gasteiger partial charge in [-0.2, -0.15) is 0 Å². The molecule has 3 rings (SSSR count). The van der Waals surface area contributed by atoms with Gasteiger partial charge in [-0.1, -0.05) is 30.3 Å². The van der Waals surface area contributed by atoms with Crippen LogP contribution in [0.4, 0.5) is 0 Å². The molecule has 8 amide bonds. The number of nitrogens with two attached hydrogens (primary N) is 4. The summed E-state index contributed by atoms with van der Waals surface area (Å²) in [5.41, 5.74) is 22.3. The van der Waals surface area contributed by atoms with E-state index in [-0.39, 0.29) is 70.9 Å². The van der Waals surface area contributed by atoms with Gasteiger partial charge in [0, 0.05) is 38.8 Å². The van der Waals surface area contributed by atoms with E-state index in [0.717, 1.165) is 0 Å². The van der Waals surface area contributed by atoms with E-state index in [0.29, 0.717) is 18.4 Å². The Hall–Kier alpha value is -5.59. The van der Waals surface area contributed by atoms with Gasteiger partial charge >= 0.3 is 5.97 Å². The van der Waals surface area contributed by atoms with E-state index in [4.69, 9.17) is 22.9 Å². The molecule has 53 heavy (non-hydrogen) atoms. The van der Waals surface area contributed by atoms with Gasteiger partial charge in [-0.15, -0.1) is 0 Å². The van der Waals surface area contributed by atoms with E-state index in [1.165, 1.54) is 9.80 Å². The summed E-state index contributed by atoms with van der Waals surface area (Å²) in [6.45, 7) is 0.300. The fourth-order valence-electron chi connectivity index (χ4n) is 6.38. The highest BCUT2D eigenvalue weighted by atomic mass is 16.4. The van der Waals surface area contributed by atoms with Crippen LogP contribution in [0.2, 0.25) is 0 Å². The predicted molar refractivity (Wildman–Crippen MR) is 186 cm³/mol. The summed E-state index contributed by atoms with van der Waals surface area (Å²) < 4.78 is 0. The molecule has 2 fully saturated rings. The smallest absolute Gasteiger partial charge is 0.326 e. The zero-order valence-corrected chi connectivity index (χ0v) is 29.4. The molecule has 1 aromatic rings. The van der Waals surface area contributed by atoms with Crippen molar-refractivity contribution in [3.8, 4) is 0 Å². The molecule has 0 saturated carbocycles. The van der Waals surface area contributed by atoms with Crippen LogP contribution in [-0.4, -0.2) is 117 Å². The summed E-state index contributed by atoms with van der Waals surface area (Å²) >= 11 is 0. The van der Waals surface area contributed by atoms with E-state index in [1.54, 1.807) is 30.3 Å². The highest BCUT2D eigenvalue weighted by Gasteiger charge is 2.44. The van der Waals surface area contributed by atoms with Crippen molar-refractivity contribution in [3.63, 3.8) is 0 Å². The maximum Gasteiger partial charge on any atom is 0.326 e. The molecule has 2 saturated heterocycles. The predicted octanol–water partition coefficient (Wildman–Crippen LogP) is -3.13. The first-order chi connectivity index (χ1) is 25.1. The molecular formula is C34H49N9O10. The maximum absolute atomic E-state index is 14.0. The van der Waals surface area contributed by atoms with E-state index in [9.17, 15) is 48.3 Å². The van der Waals surface area contributed by atoms with E-state index in [1.807, 2.05) is 0 Å². The highest BCUT2D eigenvalue weighted by Crippen LogP contribution is 2.26. The van der Waals surface area contributed by atoms with Crippen LogP contribution < -0.4 is 38.9 Å². The van der Waals surface area contributed by atoms with Gasteiger partial charge in [0.05, 0.1) is 6.04 Å². The van der Waals surface area contributed by atoms with E-state index in [2.05, 4.69) is 16.0 Å². The van der Waals surface area contributed by atoms with Crippen LogP contribution in [0.15, 0.2) is 30.3 Å². The van der Waals surface area contributed by atoms with Gasteiger partial charge in [-0.3, -0.25) is 38.4 Å². The summed E-state index contributed by atoms with van der Waals surface area (Å²) in [6.07, 6.45) is -0.123. The van der Waals surface area contributed by atoms with Crippen molar-refractivity contribution in [2.45, 2.75) is 107 Å². The lowest BCUT2D eigenvalue weighted by Crippen LogP contribution is -2.59. The average molecular weight is 744 g/mol. The Balaban J connectivity index is 1.76. The molecule has 0 aliphatic carbocycles. The molecule has 19 nitrogen and oxygen atoms in total. The first-order valence-corrected chi connectivity index (χ1v) is 17.5. The molecule has 6 atom stereocenters. The second-order valence-electron chi connectivity index (χ2n) is 13.2. The van der Waals surface area contributed by atoms with E-state index >= 15 is 0 Å². The highest BCUT2D eigenvalue weighted by molar-refractivity contribution is 5.97. The Morgan fingerprint density at radius 3 is 1.79 bits per heavy atom. The van der Waals surface area contributed by atoms with Gasteiger partial charge in [-0.05, 0) is 50.5 Å². The Labute approximate surface area is 305 Å². The van der Waals surface area contributed by atoms with Gasteiger partial charge in [0.2, 0.25) is 47.3 Å². The number of likely N-dealkylation sites (tertiary alicyclic amines) is 2. The number of carbonyl (C=O) groups excluding carboxylic acids is 8. The lowest BCUT2D eigenvalue weighted by atomic mass is 10.0. The molecule has 12 N–H and O–H groups in total. The van der Waals surface area contributed by atoms with Crippen LogP contribution in [0.1, 0.15) is 69.8 Å². The molecule has 0 aromatic heterocycles. The number of carbonyl (C=O) groups is 9. The molecule has 1 aromatic carbocycles. The number of hydrogen-bond donors (Lipinski definition) is 8. The maximum atomic E-state index is 14.0. The minimum atomic E-state index is -1.41. The van der Waals surface area contributed by atoms with Crippen LogP contribution in [0.25, 0.3) is 0 Å². The number of rotatable bonds is 20. The minimum absolute atomic E-state index is 0.0288. The van der Waals surface area contributed by atoms with Gasteiger partial charge in [0.1, 0.15) is 30.2 Å². The van der Waals surface area contributed by atoms with Crippen LogP contribution in [0, 0.1) is 0 Å². The summed E-state index contributed by atoms with van der Waals surface area (Å²) in [4.78, 5) is 117. The number of hydrogen-bond acceptors (Lipinski definition) is 10. The quantitative estimate of drug-likeness (QED) is 0.0660. The molecule has 0 bridgehead atoms. The summed E-state index contributed by atoms with van der Waals surface area (Å²) in [5, 5.41) is 17.3. The van der Waals surface area contributed by atoms with Crippen molar-refractivity contribution in [1.82, 2.24) is 25.8 Å². The molecule has 0 radical (unpaired) electrons. The Morgan fingerprint density at radius 1 is 0.679 bits per heavy atom. The molecule has 2 aliphatic heterocycles. The second kappa shape index (κ2) is 19.9. The number of nitrogens with one attached hydrogen (secondary N) is 3. The lowest BCUT2D eigenvalue weighted by molar-refractivity contribution is -0.149. The molecule has 290 valence electrons. The standard InChI is InChI=1S/C34H49N9O10/c35-20(10-13-26(36)44)29(47)39-21(11-14-27(37)45)30(48)40-22(12-15-28(38)46)32(50)43-17-5-9-25(43)33(51)42-16-4-8-24(42)31(49)41-23(34(52)53)18-19-6-2-1-3-7-19/h1-3,6-7,20-25H,4-5,8-18,35H2,(H2,36,44)(H2,37,45)(H2,38,46)(H,39,47)(H,40,48)(H,41,49)(H,52,53)/t20-,21-,22-,23-,24-,25-/m0/s1. The molecule has 2 aliphatic rings. The van der Waals surface area contributed by atoms with Gasteiger partial charge in [-0.25, -0.2) is 4.79 Å². The third-order valence-corrected chi connectivity index (χ3v) is 9.20. The van der Waals surface area contributed by atoms with Crippen LogP contribution in [0.5, 0.6) is 0 Å². The number of amides is 8. The van der Waals surface area contributed by atoms with Crippen molar-refractivity contribution in [2.24, 2.45) is 22.9 Å². The summed E-state index contributed by atoms with van der Waals surface area (Å²) in [5.74, 6) is -7.12. The Bertz CT molecular complexity index is 1540. The van der Waals surface area contributed by atoms with Gasteiger partial charge < -0.3 is 53.8 Å². The van der Waals surface area contributed by atoms with Gasteiger partial charge in [0.25, 0.3) is 0 Å². The molecule has 2 heterocycles. The van der Waals surface area contributed by atoms with Gasteiger partial charge in [0.15, 0.2) is 0 Å². The Kier molecular flexibility index (Phi) is 15.7. The van der Waals surface area contributed by atoms with E-state index < -0.39 is 89.5 Å². The molecule has 0 unspecified atom stereocenters. The van der Waals surface area contributed by atoms with Crippen LogP contribution >= 0.6 is 0 Å². The van der Waals surface area contributed by atoms with Crippen molar-refractivity contribution < 1.29 is 48.3 Å². The molecule has 0 spiro atoms. The minimum Gasteiger partial charge on any atom is -0.480 e. The van der Waals surface area contributed by atoms with Crippen molar-refractivity contribution in [2.75, 3.05) is 13.1 Å². The zero-order valence-electron chi connectivity index (χ0n) is 29.4. The second-order valence-corrected chi connectivity index (χ2v) is 13.2. The monoisotopic (exact) mass is 743 g/mol. The lowest BCUT2D eigenvalue weighted by Gasteiger charge is -2.33. The fourth-order valence-corrected chi connectivity index (χ4v) is 6.38. The molecular weight excluding hydrogens is 694 g/mol. The number of aliphatic carboxylic acids is 1. The molecule has 19 heteroatoms. The first-order valence-electron chi connectivity index (χ1n) is 17.5. The summed E-state index contributed by atoms with van der Waals surface area (Å²) in [7, 11) is 0. The zero-order chi connectivity index (χ0) is 39.2. The van der Waals surface area contributed by atoms with Crippen LogP contribution in [-0.2, 0) is 49.6 Å². The normalized spacial score (nSPS) is 19.0. The number of primary amides is 3. The average Bonchev–Trinajstić information content (AvgIpc) is 3.81. The number of nitrogens with zero attached hydrogens (tertiary/aromatic N) is 2. The number of carboxylic acid groups (broad SMARTS) is 1. The fraction of sp³-hybridized carbons (Fsp3) is 0.559. The largest absolute Gasteiger partial charge is 0.480 e. The SMILES string of the molecule is NC(=O)CC[C@H](NC(=O)[C@@H](N)CCC(N)=O)C(=O)N[C@@H](CCC(N)=O)C(=O)N1CCC[C@H]1C(=O)N1CCC[C@H]1C(=O)N[C@@H](Cc1ccccc1)C(=O)O. The van der Waals surface area contributed by atoms with Crippen molar-refractivity contribution in [1.29, 1.82) is 0 Å². The topological polar surface area (TPSA) is 321 Å². The number of benzene rings is 1. The van der Waals surface area contributed by atoms with Crippen molar-refractivity contribution in [3.05, 3.63) is 35.9 Å².